The van der Waals surface area contributed by atoms with Gasteiger partial charge in [-0.15, -0.1) is 57.2 Å². The van der Waals surface area contributed by atoms with Gasteiger partial charge in [0, 0.05) is 58.7 Å². The summed E-state index contributed by atoms with van der Waals surface area (Å²) >= 11 is 31.9. The summed E-state index contributed by atoms with van der Waals surface area (Å²) in [7, 11) is 0. The van der Waals surface area contributed by atoms with Crippen LogP contribution in [-0.4, -0.2) is 85.2 Å². The Kier molecular flexibility index (Phi) is 67.6. The first-order valence-corrected chi connectivity index (χ1v) is 32.4. The minimum atomic E-state index is -0.909. The third-order valence-corrected chi connectivity index (χ3v) is 10.1. The molecule has 74 heavy (non-hydrogen) atoms. The molecule has 1 saturated heterocycles. The van der Waals surface area contributed by atoms with Crippen molar-refractivity contribution in [2.24, 2.45) is 22.9 Å². The number of thioether (sulfide) groups is 2. The summed E-state index contributed by atoms with van der Waals surface area (Å²) in [5.74, 6) is -2.58. The van der Waals surface area contributed by atoms with Crippen LogP contribution in [0.3, 0.4) is 0 Å². The number of ether oxygens (including phenoxy) is 2. The molecule has 2 aliphatic rings. The number of halogens is 13. The summed E-state index contributed by atoms with van der Waals surface area (Å²) in [6.07, 6.45) is 2.56. The maximum atomic E-state index is 13.6. The van der Waals surface area contributed by atoms with Crippen molar-refractivity contribution in [3.05, 3.63) is 141 Å². The molecule has 6 rings (SSSR count). The van der Waals surface area contributed by atoms with Crippen LogP contribution in [0.2, 0.25) is 0 Å². The number of cyclic esters (lactones) is 2. The molecule has 416 valence electrons. The van der Waals surface area contributed by atoms with Crippen molar-refractivity contribution in [1.82, 2.24) is 0 Å². The molecule has 0 aromatic heterocycles. The van der Waals surface area contributed by atoms with E-state index in [1.54, 1.807) is 31.2 Å². The van der Waals surface area contributed by atoms with Gasteiger partial charge in [0.15, 0.2) is 32.8 Å². The molecular formula is C42H58AlBr7Cl2F4LiN6O7PS3. The third-order valence-electron chi connectivity index (χ3n) is 7.46. The normalized spacial score (nSPS) is 10.6. The van der Waals surface area contributed by atoms with Gasteiger partial charge < -0.3 is 49.2 Å². The number of hydrogen-bond donors (Lipinski definition) is 9. The zero-order valence-corrected chi connectivity index (χ0v) is 55.1. The second kappa shape index (κ2) is 56.7. The number of alkyl halides is 4. The second-order valence-electron chi connectivity index (χ2n) is 12.2. The minimum absolute atomic E-state index is 0. The summed E-state index contributed by atoms with van der Waals surface area (Å²) in [6, 6.07) is 18.0. The fraction of sp³-hybridized carbons (Fsp3) is 0.310. The van der Waals surface area contributed by atoms with Gasteiger partial charge in [0.05, 0.1) is 24.1 Å². The van der Waals surface area contributed by atoms with E-state index >= 15 is 0 Å². The fourth-order valence-corrected chi connectivity index (χ4v) is 6.97. The van der Waals surface area contributed by atoms with Crippen molar-refractivity contribution in [1.29, 1.82) is 10.8 Å². The number of aliphatic hydroxyl groups excluding tert-OH is 3. The van der Waals surface area contributed by atoms with Crippen LogP contribution in [0.25, 0.3) is 0 Å². The number of rotatable bonds is 8. The molecule has 13 nitrogen and oxygen atoms in total. The van der Waals surface area contributed by atoms with Crippen LogP contribution in [0.4, 0.5) is 17.6 Å². The maximum absolute atomic E-state index is 13.6. The molecule has 0 bridgehead atoms. The van der Waals surface area contributed by atoms with Crippen LogP contribution in [0.5, 0.6) is 0 Å². The Labute approximate surface area is 540 Å². The molecule has 32 heteroatoms. The quantitative estimate of drug-likeness (QED) is 0.00916. The van der Waals surface area contributed by atoms with Crippen LogP contribution in [0.15, 0.2) is 72.8 Å². The van der Waals surface area contributed by atoms with E-state index in [0.29, 0.717) is 33.3 Å². The number of thiocarbonyl (C=S) groups is 1. The number of benzene rings is 4. The average molecular weight is 1630 g/mol. The molecule has 0 spiro atoms. The second-order valence-corrected chi connectivity index (χ2v) is 32.0. The van der Waals surface area contributed by atoms with Crippen molar-refractivity contribution in [3.8, 4) is 0 Å². The van der Waals surface area contributed by atoms with Crippen LogP contribution in [0.1, 0.15) is 75.3 Å². The maximum Gasteiger partial charge on any atom is 1.00 e. The van der Waals surface area contributed by atoms with Gasteiger partial charge in [0.2, 0.25) is 0 Å². The SMILES string of the molecule is Br.Br.BrP(Br)Br.C1CCOC1.CCO.ClCCl.Fc1cccc(CBr)c1CBr.N=C(N)SCc1cccc(F)c1CSC(=N)N.NC(N)=S.O=C1OC(=O)c2c(F)cccc21.OCc1cccc(F)c1CO.[AlH3].[H-].[Li+]. The molecule has 13 N–H and O–H groups in total. The number of carbonyl (C=O) groups is 2. The number of hydrogen-bond acceptors (Lipinski definition) is 12. The van der Waals surface area contributed by atoms with Gasteiger partial charge in [0.1, 0.15) is 32.9 Å². The molecule has 2 heterocycles. The van der Waals surface area contributed by atoms with Crippen molar-refractivity contribution in [2.45, 2.75) is 55.1 Å². The molecule has 1 fully saturated rings. The van der Waals surface area contributed by atoms with E-state index in [1.807, 2.05) is 6.07 Å². The van der Waals surface area contributed by atoms with Crippen LogP contribution < -0.4 is 41.8 Å². The minimum Gasteiger partial charge on any atom is -1.00 e. The van der Waals surface area contributed by atoms with E-state index in [0.717, 1.165) is 59.5 Å². The van der Waals surface area contributed by atoms with E-state index < -0.39 is 23.6 Å². The summed E-state index contributed by atoms with van der Waals surface area (Å²) in [6.45, 7) is 3.32. The molecule has 0 aliphatic carbocycles. The van der Waals surface area contributed by atoms with E-state index in [4.69, 9.17) is 65.5 Å². The van der Waals surface area contributed by atoms with Gasteiger partial charge in [-0.05, 0) is 125 Å². The van der Waals surface area contributed by atoms with E-state index in [2.05, 4.69) is 107 Å². The predicted molar refractivity (Wildman–Crippen MR) is 335 cm³/mol. The van der Waals surface area contributed by atoms with Crippen LogP contribution in [0, 0.1) is 34.1 Å². The zero-order chi connectivity index (χ0) is 54.2. The number of aliphatic hydroxyl groups is 3. The summed E-state index contributed by atoms with van der Waals surface area (Å²) < 4.78 is 61.2. The summed E-state index contributed by atoms with van der Waals surface area (Å²) in [5, 5.41) is 40.6. The van der Waals surface area contributed by atoms with Crippen LogP contribution >= 0.6 is 175 Å². The molecule has 2 aliphatic heterocycles. The van der Waals surface area contributed by atoms with Gasteiger partial charge in [0.25, 0.3) is 0 Å². The Hall–Kier alpha value is 0.410. The Bertz CT molecular complexity index is 2140. The fourth-order valence-electron chi connectivity index (χ4n) is 4.61. The van der Waals surface area contributed by atoms with Crippen molar-refractivity contribution in [3.63, 3.8) is 0 Å². The Balaban J connectivity index is -0.000000118. The summed E-state index contributed by atoms with van der Waals surface area (Å²) in [4.78, 5) is 21.6. The van der Waals surface area contributed by atoms with Gasteiger partial charge in [-0.25, -0.2) is 27.2 Å². The molecular weight excluding hydrogens is 1570 g/mol. The number of carbonyl (C=O) groups excluding carboxylic acids is 2. The van der Waals surface area contributed by atoms with E-state index in [1.165, 1.54) is 49.2 Å². The average Bonchev–Trinajstić information content (AvgIpc) is 3.98. The number of nitrogens with one attached hydrogen (secondary N) is 2. The number of nitrogens with two attached hydrogens (primary N) is 4. The van der Waals surface area contributed by atoms with Crippen LogP contribution in [-0.2, 0) is 44.9 Å². The monoisotopic (exact) mass is 1620 g/mol. The number of esters is 2. The molecule has 4 aromatic carbocycles. The van der Waals surface area contributed by atoms with E-state index in [9.17, 15) is 27.2 Å². The molecule has 0 saturated carbocycles. The van der Waals surface area contributed by atoms with Crippen molar-refractivity contribution < 1.29 is 72.2 Å². The van der Waals surface area contributed by atoms with Crippen molar-refractivity contribution >= 4 is 220 Å². The Morgan fingerprint density at radius 3 is 1.42 bits per heavy atom. The van der Waals surface area contributed by atoms with Gasteiger partial charge >= 0.3 is 30.8 Å². The standard InChI is InChI=1S/C10H13FN4S2.C8H7Br2F.C8H3FO3.C8H9FO2.C4H8O.C2H6O.CH2Cl2.CH4N2S.Al.Br3P.2BrH.Li.4H/c11-8-3-1-2-6(4-16-9(12)13)7(8)5-17-10(14)15;9-4-6-2-1-3-8(11)7(6)5-10;9-5-3-1-2-4-6(5)8(11)12-7(4)10;9-8-3-1-2-6(4-10)7(8)5-11;1-2-4-5-3-1;1-2-3;2-1-3;2-1(3)4;;1-4(2)3;;;;;;;/h1-3H,4-5H2,(H3,12,13)(H3,14,15);1-3H,4-5H2;1-3H;1-3,10-11H,4-5H2;1-4H2;3H,2H2,1H3;1H2;(H4,2,3,4);;;2*1H;;;;;/q;;;;;;;;;;;;+1;;;;-1. The molecule has 4 aromatic rings. The summed E-state index contributed by atoms with van der Waals surface area (Å²) in [5.41, 5.74) is 23.1. The molecule has 0 unspecified atom stereocenters. The van der Waals surface area contributed by atoms with Gasteiger partial charge in [-0.2, -0.15) is 0 Å². The topological polar surface area (TPSA) is 265 Å². The Morgan fingerprint density at radius 2 is 1.08 bits per heavy atom. The first-order valence-electron chi connectivity index (χ1n) is 19.3. The largest absolute Gasteiger partial charge is 1.00 e. The smallest absolute Gasteiger partial charge is 1.00 e. The predicted octanol–water partition coefficient (Wildman–Crippen LogP) is 9.53. The molecule has 0 atom stereocenters. The van der Waals surface area contributed by atoms with E-state index in [-0.39, 0.29) is 145 Å². The Morgan fingerprint density at radius 1 is 0.703 bits per heavy atom. The molecule has 0 radical (unpaired) electrons. The first-order chi connectivity index (χ1) is 33.1. The van der Waals surface area contributed by atoms with Crippen molar-refractivity contribution in [2.75, 3.05) is 25.2 Å². The van der Waals surface area contributed by atoms with Gasteiger partial charge in [-0.1, -0.05) is 97.8 Å². The number of amidine groups is 2. The van der Waals surface area contributed by atoms with Gasteiger partial charge in [-0.3, -0.25) is 10.8 Å². The third kappa shape index (κ3) is 44.2. The first kappa shape index (κ1) is 88.2. The zero-order valence-electron chi connectivity index (χ0n) is 39.8. The molecule has 0 amide bonds. The number of fused-ring (bicyclic) bond motifs is 1.